The molecule has 2 aromatic heterocycles. The van der Waals surface area contributed by atoms with Gasteiger partial charge in [-0.2, -0.15) is 0 Å². The number of cyclic esters (lactones) is 1. The Labute approximate surface area is 197 Å². The van der Waals surface area contributed by atoms with Crippen LogP contribution in [0.3, 0.4) is 0 Å². The number of carbonyl (C=O) groups excluding carboxylic acids is 2. The summed E-state index contributed by atoms with van der Waals surface area (Å²) >= 11 is 1.68. The van der Waals surface area contributed by atoms with Crippen molar-refractivity contribution >= 4 is 39.2 Å². The van der Waals surface area contributed by atoms with E-state index in [1.54, 1.807) is 11.3 Å². The van der Waals surface area contributed by atoms with Gasteiger partial charge in [0, 0.05) is 18.7 Å². The van der Waals surface area contributed by atoms with Gasteiger partial charge in [0.1, 0.15) is 12.4 Å². The lowest BCUT2D eigenvalue weighted by atomic mass is 9.77. The molecule has 6 rings (SSSR count). The minimum Gasteiger partial charge on any atom is -0.457 e. The summed E-state index contributed by atoms with van der Waals surface area (Å²) in [5.41, 5.74) is 4.96. The van der Waals surface area contributed by atoms with Crippen molar-refractivity contribution in [3.8, 4) is 0 Å². The highest BCUT2D eigenvalue weighted by Crippen LogP contribution is 2.43. The van der Waals surface area contributed by atoms with Crippen LogP contribution in [0.15, 0.2) is 35.7 Å². The zero-order valence-electron chi connectivity index (χ0n) is 18.8. The summed E-state index contributed by atoms with van der Waals surface area (Å²) in [6.45, 7) is 6.11. The van der Waals surface area contributed by atoms with Crippen LogP contribution in [-0.4, -0.2) is 47.9 Å². The van der Waals surface area contributed by atoms with Crippen molar-refractivity contribution in [3.05, 3.63) is 58.0 Å². The van der Waals surface area contributed by atoms with E-state index in [9.17, 15) is 9.59 Å². The number of likely N-dealkylation sites (tertiary alicyclic amines) is 1. The van der Waals surface area contributed by atoms with Gasteiger partial charge in [-0.1, -0.05) is 6.07 Å². The molecule has 2 fully saturated rings. The summed E-state index contributed by atoms with van der Waals surface area (Å²) < 4.78 is 6.34. The van der Waals surface area contributed by atoms with Crippen LogP contribution in [0.25, 0.3) is 10.2 Å². The Balaban J connectivity index is 1.09. The number of hydrogen-bond donors (Lipinski definition) is 0. The predicted molar refractivity (Wildman–Crippen MR) is 129 cm³/mol. The Morgan fingerprint density at radius 1 is 1.06 bits per heavy atom. The highest BCUT2D eigenvalue weighted by molar-refractivity contribution is 7.17. The van der Waals surface area contributed by atoms with Crippen molar-refractivity contribution in [2.75, 3.05) is 31.1 Å². The number of hydrogen-bond acceptors (Lipinski definition) is 6. The molecule has 5 heterocycles. The lowest BCUT2D eigenvalue weighted by molar-refractivity contribution is -0.128. The third-order valence-electron chi connectivity index (χ3n) is 7.87. The fraction of sp³-hybridized carbons (Fsp3) is 0.423. The molecule has 0 aliphatic carbocycles. The zero-order chi connectivity index (χ0) is 22.6. The number of aromatic nitrogens is 1. The van der Waals surface area contributed by atoms with Gasteiger partial charge in [-0.3, -0.25) is 9.69 Å². The van der Waals surface area contributed by atoms with E-state index in [0.29, 0.717) is 12.2 Å². The third kappa shape index (κ3) is 3.45. The van der Waals surface area contributed by atoms with E-state index >= 15 is 0 Å². The van der Waals surface area contributed by atoms with Gasteiger partial charge in [0.2, 0.25) is 5.91 Å². The van der Waals surface area contributed by atoms with Gasteiger partial charge in [0.25, 0.3) is 0 Å². The summed E-state index contributed by atoms with van der Waals surface area (Å²) in [5, 5.41) is 2.04. The van der Waals surface area contributed by atoms with E-state index in [1.165, 1.54) is 11.1 Å². The maximum atomic E-state index is 13.5. The van der Waals surface area contributed by atoms with E-state index in [2.05, 4.69) is 24.0 Å². The lowest BCUT2D eigenvalue weighted by Crippen LogP contribution is -2.45. The van der Waals surface area contributed by atoms with Crippen molar-refractivity contribution < 1.29 is 14.3 Å². The third-order valence-corrected chi connectivity index (χ3v) is 8.74. The molecule has 170 valence electrons. The molecule has 3 aliphatic heterocycles. The SMILES string of the molecule is Cc1c(CCN2CCC3(CC2)CCN(c2ccc4sccc4n2)C3=O)ccc2c1COC2=O. The van der Waals surface area contributed by atoms with Crippen LogP contribution in [0, 0.1) is 12.3 Å². The number of nitrogens with zero attached hydrogens (tertiary/aromatic N) is 3. The Bertz CT molecular complexity index is 1260. The molecule has 1 spiro atoms. The second-order valence-corrected chi connectivity index (χ2v) is 10.5. The molecule has 0 saturated carbocycles. The van der Waals surface area contributed by atoms with Crippen molar-refractivity contribution in [3.63, 3.8) is 0 Å². The van der Waals surface area contributed by atoms with Crippen LogP contribution < -0.4 is 4.90 Å². The molecular formula is C26H27N3O3S. The van der Waals surface area contributed by atoms with Gasteiger partial charge >= 0.3 is 5.97 Å². The quantitative estimate of drug-likeness (QED) is 0.541. The smallest absolute Gasteiger partial charge is 0.338 e. The molecule has 6 nitrogen and oxygen atoms in total. The maximum absolute atomic E-state index is 13.5. The number of ether oxygens (including phenoxy) is 1. The number of piperidine rings is 1. The fourth-order valence-electron chi connectivity index (χ4n) is 5.65. The summed E-state index contributed by atoms with van der Waals surface area (Å²) in [5.74, 6) is 0.838. The molecule has 0 bridgehead atoms. The summed E-state index contributed by atoms with van der Waals surface area (Å²) in [7, 11) is 0. The molecule has 3 aliphatic rings. The van der Waals surface area contributed by atoms with Gasteiger partial charge in [0.05, 0.1) is 21.2 Å². The van der Waals surface area contributed by atoms with E-state index < -0.39 is 0 Å². The Hall–Kier alpha value is -2.77. The number of carbonyl (C=O) groups is 2. The molecule has 3 aromatic rings. The molecular weight excluding hydrogens is 434 g/mol. The molecule has 1 aromatic carbocycles. The highest BCUT2D eigenvalue weighted by Gasteiger charge is 2.48. The van der Waals surface area contributed by atoms with E-state index in [-0.39, 0.29) is 17.3 Å². The number of thiophene rings is 1. The van der Waals surface area contributed by atoms with Crippen LogP contribution in [0.4, 0.5) is 5.82 Å². The molecule has 2 saturated heterocycles. The summed E-state index contributed by atoms with van der Waals surface area (Å²) in [4.78, 5) is 34.4. The lowest BCUT2D eigenvalue weighted by Gasteiger charge is -2.38. The molecule has 7 heteroatoms. The minimum absolute atomic E-state index is 0.207. The molecule has 1 amide bonds. The number of rotatable bonds is 4. The highest BCUT2D eigenvalue weighted by atomic mass is 32.1. The molecule has 0 N–H and O–H groups in total. The molecule has 0 atom stereocenters. The van der Waals surface area contributed by atoms with Crippen molar-refractivity contribution in [2.45, 2.75) is 39.2 Å². The maximum Gasteiger partial charge on any atom is 0.338 e. The normalized spacial score (nSPS) is 20.1. The van der Waals surface area contributed by atoms with Gasteiger partial charge in [-0.05, 0) is 86.5 Å². The van der Waals surface area contributed by atoms with Gasteiger partial charge in [-0.15, -0.1) is 11.3 Å². The topological polar surface area (TPSA) is 62.7 Å². The zero-order valence-corrected chi connectivity index (χ0v) is 19.6. The van der Waals surface area contributed by atoms with Gasteiger partial charge < -0.3 is 9.64 Å². The molecule has 0 radical (unpaired) electrons. The summed E-state index contributed by atoms with van der Waals surface area (Å²) in [6.07, 6.45) is 3.69. The largest absolute Gasteiger partial charge is 0.457 e. The minimum atomic E-state index is -0.233. The number of pyridine rings is 1. The average molecular weight is 462 g/mol. The van der Waals surface area contributed by atoms with E-state index in [4.69, 9.17) is 9.72 Å². The first-order valence-corrected chi connectivity index (χ1v) is 12.6. The summed E-state index contributed by atoms with van der Waals surface area (Å²) in [6, 6.07) is 10.1. The van der Waals surface area contributed by atoms with Crippen molar-refractivity contribution in [2.24, 2.45) is 5.41 Å². The first-order valence-electron chi connectivity index (χ1n) is 11.7. The van der Waals surface area contributed by atoms with Crippen LogP contribution in [0.1, 0.15) is 46.3 Å². The van der Waals surface area contributed by atoms with E-state index in [1.807, 2.05) is 28.5 Å². The number of amides is 1. The van der Waals surface area contributed by atoms with Crippen molar-refractivity contribution in [1.82, 2.24) is 9.88 Å². The van der Waals surface area contributed by atoms with Crippen LogP contribution in [-0.2, 0) is 22.6 Å². The second kappa shape index (κ2) is 7.92. The van der Waals surface area contributed by atoms with Crippen molar-refractivity contribution in [1.29, 1.82) is 0 Å². The molecule has 0 unspecified atom stereocenters. The Morgan fingerprint density at radius 3 is 2.73 bits per heavy atom. The number of esters is 1. The molecule has 33 heavy (non-hydrogen) atoms. The first-order chi connectivity index (χ1) is 16.0. The average Bonchev–Trinajstić information content (AvgIpc) is 3.53. The van der Waals surface area contributed by atoms with Crippen LogP contribution >= 0.6 is 11.3 Å². The fourth-order valence-corrected chi connectivity index (χ4v) is 6.37. The van der Waals surface area contributed by atoms with Gasteiger partial charge in [0.15, 0.2) is 0 Å². The first kappa shape index (κ1) is 20.8. The van der Waals surface area contributed by atoms with Crippen LogP contribution in [0.2, 0.25) is 0 Å². The standard InChI is InChI=1S/C26H27N3O3S/c1-17-18(2-3-19-20(17)16-32-24(19)30)6-11-28-12-8-26(9-13-28)10-14-29(25(26)31)23-5-4-22-21(27-23)7-15-33-22/h2-5,7,15H,6,8-14,16H2,1H3. The van der Waals surface area contributed by atoms with Crippen LogP contribution in [0.5, 0.6) is 0 Å². The van der Waals surface area contributed by atoms with Gasteiger partial charge in [-0.25, -0.2) is 9.78 Å². The predicted octanol–water partition coefficient (Wildman–Crippen LogP) is 4.34. The number of fused-ring (bicyclic) bond motifs is 2. The Kier molecular flexibility index (Phi) is 4.99. The number of anilines is 1. The van der Waals surface area contributed by atoms with E-state index in [0.717, 1.165) is 73.5 Å². The Morgan fingerprint density at radius 2 is 1.88 bits per heavy atom. The second-order valence-electron chi connectivity index (χ2n) is 9.50. The number of benzene rings is 1. The monoisotopic (exact) mass is 461 g/mol.